The van der Waals surface area contributed by atoms with Crippen molar-refractivity contribution >= 4 is 12.1 Å². The third-order valence-corrected chi connectivity index (χ3v) is 0.895. The molecule has 0 aromatic heterocycles. The maximum atomic E-state index is 10.5. The van der Waals surface area contributed by atoms with E-state index < -0.39 is 18.1 Å². The highest BCUT2D eigenvalue weighted by Crippen LogP contribution is 1.84. The van der Waals surface area contributed by atoms with Crippen LogP contribution in [0.3, 0.4) is 0 Å². The first kappa shape index (κ1) is 8.74. The summed E-state index contributed by atoms with van der Waals surface area (Å²) in [5, 5.41) is 10.0. The molecule has 0 radical (unpaired) electrons. The van der Waals surface area contributed by atoms with E-state index in [9.17, 15) is 9.59 Å². The number of amides is 1. The molecule has 5 heteroatoms. The lowest BCUT2D eigenvalue weighted by Gasteiger charge is -2.06. The summed E-state index contributed by atoms with van der Waals surface area (Å²) in [5.74, 6) is -0.595. The molecule has 0 rings (SSSR count). The van der Waals surface area contributed by atoms with E-state index in [1.807, 2.05) is 5.32 Å². The Kier molecular flexibility index (Phi) is 3.24. The molecule has 0 saturated carbocycles. The van der Waals surface area contributed by atoms with Crippen molar-refractivity contribution in [1.29, 1.82) is 0 Å². The number of ether oxygens (including phenoxy) is 1. The van der Waals surface area contributed by atoms with Gasteiger partial charge in [0, 0.05) is 0 Å². The van der Waals surface area contributed by atoms with Gasteiger partial charge in [-0.15, -0.1) is 0 Å². The summed E-state index contributed by atoms with van der Waals surface area (Å²) in [4.78, 5) is 20.4. The Morgan fingerprint density at radius 3 is 2.40 bits per heavy atom. The Morgan fingerprint density at radius 2 is 2.10 bits per heavy atom. The molecule has 0 aromatic rings. The second-order valence-corrected chi connectivity index (χ2v) is 1.69. The van der Waals surface area contributed by atoms with Gasteiger partial charge in [0.15, 0.2) is 0 Å². The van der Waals surface area contributed by atoms with Crippen LogP contribution in [-0.2, 0) is 9.53 Å². The maximum absolute atomic E-state index is 10.5. The highest BCUT2D eigenvalue weighted by Gasteiger charge is 2.13. The van der Waals surface area contributed by atoms with Crippen molar-refractivity contribution < 1.29 is 19.4 Å². The average molecular weight is 147 g/mol. The predicted molar refractivity (Wildman–Crippen MR) is 32.6 cm³/mol. The van der Waals surface area contributed by atoms with E-state index in [-0.39, 0.29) is 0 Å². The van der Waals surface area contributed by atoms with Crippen molar-refractivity contribution in [3.63, 3.8) is 0 Å². The minimum absolute atomic E-state index is 0.595. The highest BCUT2D eigenvalue weighted by atomic mass is 16.5. The van der Waals surface area contributed by atoms with Crippen LogP contribution in [-0.4, -0.2) is 30.3 Å². The molecular weight excluding hydrogens is 138 g/mol. The molecule has 58 valence electrons. The fourth-order valence-corrected chi connectivity index (χ4v) is 0.421. The maximum Gasteiger partial charge on any atom is 0.405 e. The molecular formula is C5H9NO4. The fraction of sp³-hybridized carbons (Fsp3) is 0.600. The Hall–Kier alpha value is -1.26. The van der Waals surface area contributed by atoms with Crippen molar-refractivity contribution in [2.24, 2.45) is 0 Å². The number of carbonyl (C=O) groups excluding carboxylic acids is 1. The highest BCUT2D eigenvalue weighted by molar-refractivity contribution is 5.80. The standard InChI is InChI=1S/C5H9NO4/c1-3(4(7)10-2)6-5(8)9/h3,6H,1-2H3,(H,8,9). The molecule has 0 aromatic carbocycles. The van der Waals surface area contributed by atoms with Crippen LogP contribution in [0.5, 0.6) is 0 Å². The molecule has 0 saturated heterocycles. The number of esters is 1. The summed E-state index contributed by atoms with van der Waals surface area (Å²) in [6.45, 7) is 1.40. The van der Waals surface area contributed by atoms with Gasteiger partial charge in [0.25, 0.3) is 0 Å². The number of carbonyl (C=O) groups is 2. The van der Waals surface area contributed by atoms with Gasteiger partial charge in [-0.2, -0.15) is 0 Å². The Balaban J connectivity index is 3.72. The summed E-state index contributed by atoms with van der Waals surface area (Å²) in [6.07, 6.45) is -1.24. The lowest BCUT2D eigenvalue weighted by atomic mass is 10.3. The summed E-state index contributed by atoms with van der Waals surface area (Å²) >= 11 is 0. The zero-order chi connectivity index (χ0) is 8.15. The van der Waals surface area contributed by atoms with Crippen LogP contribution in [0.15, 0.2) is 0 Å². The number of nitrogens with one attached hydrogen (secondary N) is 1. The molecule has 1 amide bonds. The normalized spacial score (nSPS) is 11.8. The van der Waals surface area contributed by atoms with E-state index in [0.29, 0.717) is 0 Å². The zero-order valence-electron chi connectivity index (χ0n) is 5.75. The van der Waals surface area contributed by atoms with Crippen LogP contribution >= 0.6 is 0 Å². The summed E-state index contributed by atoms with van der Waals surface area (Å²) in [6, 6.07) is -0.803. The van der Waals surface area contributed by atoms with Crippen molar-refractivity contribution in [2.45, 2.75) is 13.0 Å². The molecule has 0 aliphatic carbocycles. The number of hydrogen-bond acceptors (Lipinski definition) is 3. The van der Waals surface area contributed by atoms with Crippen molar-refractivity contribution in [3.05, 3.63) is 0 Å². The first-order chi connectivity index (χ1) is 4.57. The number of methoxy groups -OCH3 is 1. The van der Waals surface area contributed by atoms with Gasteiger partial charge in [0.2, 0.25) is 0 Å². The van der Waals surface area contributed by atoms with Crippen molar-refractivity contribution in [3.8, 4) is 0 Å². The summed E-state index contributed by atoms with van der Waals surface area (Å²) in [5.41, 5.74) is 0. The third-order valence-electron chi connectivity index (χ3n) is 0.895. The molecule has 0 fully saturated rings. The van der Waals surface area contributed by atoms with Gasteiger partial charge >= 0.3 is 12.1 Å². The van der Waals surface area contributed by atoms with Crippen LogP contribution in [0.4, 0.5) is 4.79 Å². The predicted octanol–water partition coefficient (Wildman–Crippen LogP) is -0.185. The molecule has 1 atom stereocenters. The summed E-state index contributed by atoms with van der Waals surface area (Å²) < 4.78 is 4.25. The molecule has 2 N–H and O–H groups in total. The third kappa shape index (κ3) is 2.91. The van der Waals surface area contributed by atoms with Crippen LogP contribution in [0.1, 0.15) is 6.92 Å². The van der Waals surface area contributed by atoms with Crippen LogP contribution < -0.4 is 5.32 Å². The first-order valence-electron chi connectivity index (χ1n) is 2.65. The Morgan fingerprint density at radius 1 is 1.60 bits per heavy atom. The van der Waals surface area contributed by atoms with Gasteiger partial charge in [-0.25, -0.2) is 9.59 Å². The zero-order valence-corrected chi connectivity index (χ0v) is 5.75. The molecule has 0 heterocycles. The van der Waals surface area contributed by atoms with E-state index in [1.54, 1.807) is 0 Å². The minimum Gasteiger partial charge on any atom is -0.467 e. The molecule has 1 unspecified atom stereocenters. The Bertz CT molecular complexity index is 145. The number of carboxylic acid groups (broad SMARTS) is 1. The van der Waals surface area contributed by atoms with Gasteiger partial charge in [0.1, 0.15) is 6.04 Å². The molecule has 0 bridgehead atoms. The van der Waals surface area contributed by atoms with Gasteiger partial charge in [-0.1, -0.05) is 0 Å². The summed E-state index contributed by atoms with van der Waals surface area (Å²) in [7, 11) is 1.20. The van der Waals surface area contributed by atoms with Crippen molar-refractivity contribution in [1.82, 2.24) is 5.32 Å². The SMILES string of the molecule is COC(=O)C(C)NC(=O)O. The second-order valence-electron chi connectivity index (χ2n) is 1.69. The molecule has 10 heavy (non-hydrogen) atoms. The number of rotatable bonds is 2. The Labute approximate surface area is 58.0 Å². The van der Waals surface area contributed by atoms with Gasteiger partial charge < -0.3 is 15.2 Å². The first-order valence-corrected chi connectivity index (χ1v) is 2.65. The quantitative estimate of drug-likeness (QED) is 0.531. The number of hydrogen-bond donors (Lipinski definition) is 2. The van der Waals surface area contributed by atoms with Crippen LogP contribution in [0, 0.1) is 0 Å². The van der Waals surface area contributed by atoms with E-state index >= 15 is 0 Å². The average Bonchev–Trinajstić information content (AvgIpc) is 1.85. The van der Waals surface area contributed by atoms with E-state index in [2.05, 4.69) is 4.74 Å². The van der Waals surface area contributed by atoms with Crippen molar-refractivity contribution in [2.75, 3.05) is 7.11 Å². The molecule has 5 nitrogen and oxygen atoms in total. The van der Waals surface area contributed by atoms with E-state index in [0.717, 1.165) is 0 Å². The monoisotopic (exact) mass is 147 g/mol. The fourth-order valence-electron chi connectivity index (χ4n) is 0.421. The molecule has 0 aliphatic rings. The van der Waals surface area contributed by atoms with Gasteiger partial charge in [0.05, 0.1) is 7.11 Å². The van der Waals surface area contributed by atoms with Crippen LogP contribution in [0.25, 0.3) is 0 Å². The second kappa shape index (κ2) is 3.71. The minimum atomic E-state index is -1.24. The van der Waals surface area contributed by atoms with Crippen LogP contribution in [0.2, 0.25) is 0 Å². The topological polar surface area (TPSA) is 75.6 Å². The van der Waals surface area contributed by atoms with E-state index in [4.69, 9.17) is 5.11 Å². The molecule has 0 spiro atoms. The van der Waals surface area contributed by atoms with E-state index in [1.165, 1.54) is 14.0 Å². The molecule has 0 aliphatic heterocycles. The smallest absolute Gasteiger partial charge is 0.405 e. The lowest BCUT2D eigenvalue weighted by Crippen LogP contribution is -2.38. The van der Waals surface area contributed by atoms with Gasteiger partial charge in [-0.05, 0) is 6.92 Å². The van der Waals surface area contributed by atoms with Gasteiger partial charge in [-0.3, -0.25) is 0 Å². The lowest BCUT2D eigenvalue weighted by molar-refractivity contribution is -0.142. The largest absolute Gasteiger partial charge is 0.467 e.